The number of benzene rings is 1. The molecular formula is C8H8FN3. The van der Waals surface area contributed by atoms with Crippen molar-refractivity contribution < 1.29 is 4.39 Å². The molecule has 0 fully saturated rings. The highest BCUT2D eigenvalue weighted by Gasteiger charge is 2.05. The average molecular weight is 165 g/mol. The Balaban J connectivity index is 2.92. The van der Waals surface area contributed by atoms with Crippen LogP contribution in [0.15, 0.2) is 18.5 Å². The molecule has 0 radical (unpaired) electrons. The molecule has 0 aliphatic carbocycles. The number of nitrogens with two attached hydrogens (primary N) is 1. The summed E-state index contributed by atoms with van der Waals surface area (Å²) in [6.07, 6.45) is 1.56. The van der Waals surface area contributed by atoms with Gasteiger partial charge in [0.15, 0.2) is 5.82 Å². The number of rotatable bonds is 0. The third kappa shape index (κ3) is 0.845. The number of hydrogen-bond donors (Lipinski definition) is 1. The second kappa shape index (κ2) is 2.20. The first kappa shape index (κ1) is 7.09. The summed E-state index contributed by atoms with van der Waals surface area (Å²) < 4.78 is 14.8. The van der Waals surface area contributed by atoms with Gasteiger partial charge in [-0.2, -0.15) is 0 Å². The van der Waals surface area contributed by atoms with Gasteiger partial charge in [0.25, 0.3) is 0 Å². The monoisotopic (exact) mass is 165 g/mol. The van der Waals surface area contributed by atoms with Gasteiger partial charge >= 0.3 is 0 Å². The number of nitrogen functional groups attached to an aromatic ring is 1. The van der Waals surface area contributed by atoms with Crippen molar-refractivity contribution in [2.75, 3.05) is 5.73 Å². The Morgan fingerprint density at radius 3 is 3.00 bits per heavy atom. The lowest BCUT2D eigenvalue weighted by Gasteiger charge is -1.97. The molecule has 2 aromatic rings. The van der Waals surface area contributed by atoms with Gasteiger partial charge in [0.1, 0.15) is 5.52 Å². The quantitative estimate of drug-likeness (QED) is 0.598. The summed E-state index contributed by atoms with van der Waals surface area (Å²) >= 11 is 0. The van der Waals surface area contributed by atoms with Crippen LogP contribution in [0, 0.1) is 5.82 Å². The van der Waals surface area contributed by atoms with Crippen LogP contribution in [0.3, 0.4) is 0 Å². The molecular weight excluding hydrogens is 157 g/mol. The maximum Gasteiger partial charge on any atom is 0.153 e. The maximum absolute atomic E-state index is 13.1. The molecule has 1 heterocycles. The maximum atomic E-state index is 13.1. The minimum Gasteiger partial charge on any atom is -0.399 e. The average Bonchev–Trinajstić information content (AvgIpc) is 2.33. The number of hydrogen-bond acceptors (Lipinski definition) is 2. The number of imidazole rings is 1. The highest BCUT2D eigenvalue weighted by atomic mass is 19.1. The minimum absolute atomic E-state index is 0.367. The van der Waals surface area contributed by atoms with Crippen LogP contribution in [0.1, 0.15) is 0 Å². The van der Waals surface area contributed by atoms with Crippen molar-refractivity contribution in [2.45, 2.75) is 0 Å². The Kier molecular flexibility index (Phi) is 1.30. The zero-order valence-corrected chi connectivity index (χ0v) is 6.58. The molecule has 62 valence electrons. The molecule has 0 unspecified atom stereocenters. The summed E-state index contributed by atoms with van der Waals surface area (Å²) in [5, 5.41) is 0. The van der Waals surface area contributed by atoms with Crippen LogP contribution in [-0.2, 0) is 7.05 Å². The first-order valence-electron chi connectivity index (χ1n) is 3.54. The fourth-order valence-electron chi connectivity index (χ4n) is 1.21. The molecule has 1 aromatic heterocycles. The van der Waals surface area contributed by atoms with Crippen molar-refractivity contribution in [3.8, 4) is 0 Å². The molecule has 1 aromatic carbocycles. The van der Waals surface area contributed by atoms with Crippen LogP contribution < -0.4 is 5.73 Å². The van der Waals surface area contributed by atoms with Crippen molar-refractivity contribution in [3.05, 3.63) is 24.3 Å². The Labute approximate surface area is 68.6 Å². The summed E-state index contributed by atoms with van der Waals surface area (Å²) in [6, 6.07) is 2.97. The van der Waals surface area contributed by atoms with Gasteiger partial charge in [0.2, 0.25) is 0 Å². The van der Waals surface area contributed by atoms with Gasteiger partial charge < -0.3 is 10.3 Å². The molecule has 0 aliphatic rings. The molecule has 0 spiro atoms. The van der Waals surface area contributed by atoms with Gasteiger partial charge in [0, 0.05) is 12.7 Å². The fourth-order valence-corrected chi connectivity index (χ4v) is 1.21. The molecule has 4 heteroatoms. The van der Waals surface area contributed by atoms with Crippen molar-refractivity contribution >= 4 is 16.7 Å². The first-order valence-corrected chi connectivity index (χ1v) is 3.54. The van der Waals surface area contributed by atoms with E-state index in [1.54, 1.807) is 24.0 Å². The van der Waals surface area contributed by atoms with Gasteiger partial charge in [-0.05, 0) is 12.1 Å². The highest BCUT2D eigenvalue weighted by Crippen LogP contribution is 2.18. The molecule has 0 bridgehead atoms. The van der Waals surface area contributed by atoms with E-state index < -0.39 is 0 Å². The minimum atomic E-state index is -0.370. The molecule has 12 heavy (non-hydrogen) atoms. The molecule has 0 aliphatic heterocycles. The molecule has 0 saturated carbocycles. The van der Waals surface area contributed by atoms with E-state index in [0.717, 1.165) is 0 Å². The van der Waals surface area contributed by atoms with E-state index in [1.165, 1.54) is 6.07 Å². The summed E-state index contributed by atoms with van der Waals surface area (Å²) in [5.41, 5.74) is 6.97. The van der Waals surface area contributed by atoms with E-state index in [-0.39, 0.29) is 5.82 Å². The molecule has 0 amide bonds. The molecule has 2 rings (SSSR count). The topological polar surface area (TPSA) is 43.8 Å². The lowest BCUT2D eigenvalue weighted by Crippen LogP contribution is -1.90. The summed E-state index contributed by atoms with van der Waals surface area (Å²) in [7, 11) is 1.80. The van der Waals surface area contributed by atoms with E-state index in [4.69, 9.17) is 5.73 Å². The SMILES string of the molecule is Cn1cnc2c(F)cc(N)cc21. The van der Waals surface area contributed by atoms with Crippen LogP contribution in [0.25, 0.3) is 11.0 Å². The van der Waals surface area contributed by atoms with Crippen molar-refractivity contribution in [3.63, 3.8) is 0 Å². The van der Waals surface area contributed by atoms with E-state index in [2.05, 4.69) is 4.98 Å². The normalized spacial score (nSPS) is 10.8. The van der Waals surface area contributed by atoms with Crippen LogP contribution >= 0.6 is 0 Å². The van der Waals surface area contributed by atoms with Crippen molar-refractivity contribution in [2.24, 2.45) is 7.05 Å². The second-order valence-corrected chi connectivity index (χ2v) is 2.73. The molecule has 0 atom stereocenters. The van der Waals surface area contributed by atoms with E-state index >= 15 is 0 Å². The van der Waals surface area contributed by atoms with E-state index in [0.29, 0.717) is 16.7 Å². The number of aromatic nitrogens is 2. The predicted molar refractivity (Wildman–Crippen MR) is 45.1 cm³/mol. The zero-order chi connectivity index (χ0) is 8.72. The molecule has 0 saturated heterocycles. The highest BCUT2D eigenvalue weighted by molar-refractivity contribution is 5.79. The van der Waals surface area contributed by atoms with Crippen LogP contribution in [0.5, 0.6) is 0 Å². The van der Waals surface area contributed by atoms with Crippen molar-refractivity contribution in [1.82, 2.24) is 9.55 Å². The lowest BCUT2D eigenvalue weighted by atomic mass is 10.2. The smallest absolute Gasteiger partial charge is 0.153 e. The zero-order valence-electron chi connectivity index (χ0n) is 6.58. The van der Waals surface area contributed by atoms with Gasteiger partial charge in [-0.1, -0.05) is 0 Å². The fraction of sp³-hybridized carbons (Fsp3) is 0.125. The Hall–Kier alpha value is -1.58. The number of anilines is 1. The number of aryl methyl sites for hydroxylation is 1. The van der Waals surface area contributed by atoms with Gasteiger partial charge in [-0.3, -0.25) is 0 Å². The standard InChI is InChI=1S/C8H8FN3/c1-12-4-11-8-6(9)2-5(10)3-7(8)12/h2-4H,10H2,1H3. The summed E-state index contributed by atoms with van der Waals surface area (Å²) in [6.45, 7) is 0. The van der Waals surface area contributed by atoms with Crippen LogP contribution in [0.2, 0.25) is 0 Å². The number of halogens is 1. The van der Waals surface area contributed by atoms with Crippen LogP contribution in [0.4, 0.5) is 10.1 Å². The van der Waals surface area contributed by atoms with Gasteiger partial charge in [-0.25, -0.2) is 9.37 Å². The number of fused-ring (bicyclic) bond motifs is 1. The first-order chi connectivity index (χ1) is 5.68. The van der Waals surface area contributed by atoms with E-state index in [1.807, 2.05) is 0 Å². The third-order valence-electron chi connectivity index (χ3n) is 1.81. The van der Waals surface area contributed by atoms with Crippen molar-refractivity contribution in [1.29, 1.82) is 0 Å². The summed E-state index contributed by atoms with van der Waals surface area (Å²) in [4.78, 5) is 3.89. The van der Waals surface area contributed by atoms with Crippen LogP contribution in [-0.4, -0.2) is 9.55 Å². The largest absolute Gasteiger partial charge is 0.399 e. The Morgan fingerprint density at radius 1 is 1.50 bits per heavy atom. The van der Waals surface area contributed by atoms with E-state index in [9.17, 15) is 4.39 Å². The summed E-state index contributed by atoms with van der Waals surface area (Å²) in [5.74, 6) is -0.370. The number of nitrogens with zero attached hydrogens (tertiary/aromatic N) is 2. The lowest BCUT2D eigenvalue weighted by molar-refractivity contribution is 0.638. The third-order valence-corrected chi connectivity index (χ3v) is 1.81. The Bertz CT molecular complexity index is 433. The molecule has 3 nitrogen and oxygen atoms in total. The predicted octanol–water partition coefficient (Wildman–Crippen LogP) is 1.29. The molecule has 2 N–H and O–H groups in total. The Morgan fingerprint density at radius 2 is 2.25 bits per heavy atom. The van der Waals surface area contributed by atoms with Gasteiger partial charge in [-0.15, -0.1) is 0 Å². The van der Waals surface area contributed by atoms with Gasteiger partial charge in [0.05, 0.1) is 11.8 Å². The second-order valence-electron chi connectivity index (χ2n) is 2.73.